The highest BCUT2D eigenvalue weighted by Crippen LogP contribution is 2.27. The van der Waals surface area contributed by atoms with Crippen molar-refractivity contribution in [3.05, 3.63) is 91.0 Å². The van der Waals surface area contributed by atoms with E-state index in [1.165, 1.54) is 0 Å². The molecule has 3 heterocycles. The first kappa shape index (κ1) is 17.9. The molecular weight excluding hydrogens is 374 g/mol. The van der Waals surface area contributed by atoms with E-state index in [0.29, 0.717) is 5.82 Å². The van der Waals surface area contributed by atoms with Crippen LogP contribution in [0.1, 0.15) is 18.7 Å². The van der Waals surface area contributed by atoms with Gasteiger partial charge in [0.25, 0.3) is 0 Å². The molecule has 30 heavy (non-hydrogen) atoms. The van der Waals surface area contributed by atoms with Crippen LogP contribution in [0.15, 0.2) is 85.3 Å². The minimum atomic E-state index is -0.0949. The van der Waals surface area contributed by atoms with E-state index in [4.69, 9.17) is 9.97 Å². The van der Waals surface area contributed by atoms with Crippen molar-refractivity contribution < 1.29 is 0 Å². The zero-order chi connectivity index (χ0) is 20.3. The average molecular weight is 393 g/mol. The van der Waals surface area contributed by atoms with Crippen LogP contribution in [-0.2, 0) is 0 Å². The number of para-hydroxylation sites is 2. The summed E-state index contributed by atoms with van der Waals surface area (Å²) in [4.78, 5) is 13.7. The molecule has 0 fully saturated rings. The molecule has 2 aromatic carbocycles. The van der Waals surface area contributed by atoms with Gasteiger partial charge in [-0.15, -0.1) is 5.10 Å². The molecular formula is C23H19N7. The number of fused-ring (bicyclic) bond motifs is 1. The Kier molecular flexibility index (Phi) is 4.61. The Bertz CT molecular complexity index is 1280. The van der Waals surface area contributed by atoms with E-state index in [1.54, 1.807) is 17.1 Å². The molecule has 5 rings (SSSR count). The summed E-state index contributed by atoms with van der Waals surface area (Å²) >= 11 is 0. The van der Waals surface area contributed by atoms with E-state index in [-0.39, 0.29) is 6.04 Å². The van der Waals surface area contributed by atoms with Crippen LogP contribution < -0.4 is 5.32 Å². The van der Waals surface area contributed by atoms with Gasteiger partial charge >= 0.3 is 0 Å². The Labute approximate surface area is 173 Å². The number of hydrogen-bond acceptors (Lipinski definition) is 6. The highest BCUT2D eigenvalue weighted by molar-refractivity contribution is 5.90. The van der Waals surface area contributed by atoms with Gasteiger partial charge in [-0.3, -0.25) is 4.98 Å². The standard InChI is InChI=1S/C23H19N7/c1-16(21-15-30(29-28-21)18-9-3-2-4-10-18)25-23-19-11-5-6-12-20(19)26-22(27-23)17-8-7-13-24-14-17/h2-16H,1H3,(H,25,26,27). The maximum atomic E-state index is 4.78. The molecule has 0 aliphatic rings. The van der Waals surface area contributed by atoms with Gasteiger partial charge < -0.3 is 5.32 Å². The molecule has 0 aliphatic carbocycles. The van der Waals surface area contributed by atoms with Crippen LogP contribution >= 0.6 is 0 Å². The number of nitrogens with zero attached hydrogens (tertiary/aromatic N) is 6. The lowest BCUT2D eigenvalue weighted by molar-refractivity contribution is 0.780. The third kappa shape index (κ3) is 3.48. The molecule has 0 aliphatic heterocycles. The van der Waals surface area contributed by atoms with Gasteiger partial charge in [0.15, 0.2) is 5.82 Å². The average Bonchev–Trinajstić information content (AvgIpc) is 3.31. The van der Waals surface area contributed by atoms with E-state index in [2.05, 4.69) is 20.6 Å². The number of anilines is 1. The predicted octanol–water partition coefficient (Wildman–Crippen LogP) is 4.45. The zero-order valence-electron chi connectivity index (χ0n) is 16.3. The first-order valence-corrected chi connectivity index (χ1v) is 9.69. The Balaban J connectivity index is 1.50. The normalized spacial score (nSPS) is 12.0. The Hall–Kier alpha value is -4.13. The van der Waals surface area contributed by atoms with Gasteiger partial charge in [-0.25, -0.2) is 14.6 Å². The molecule has 1 N–H and O–H groups in total. The first-order chi connectivity index (χ1) is 14.8. The lowest BCUT2D eigenvalue weighted by Crippen LogP contribution is -2.10. The van der Waals surface area contributed by atoms with Crippen LogP contribution in [0, 0.1) is 0 Å². The number of hydrogen-bond donors (Lipinski definition) is 1. The monoisotopic (exact) mass is 393 g/mol. The molecule has 7 nitrogen and oxygen atoms in total. The molecule has 5 aromatic rings. The van der Waals surface area contributed by atoms with Crippen molar-refractivity contribution in [2.24, 2.45) is 0 Å². The van der Waals surface area contributed by atoms with Gasteiger partial charge in [0.2, 0.25) is 0 Å². The fraction of sp³-hybridized carbons (Fsp3) is 0.0870. The number of benzene rings is 2. The summed E-state index contributed by atoms with van der Waals surface area (Å²) in [5.74, 6) is 1.38. The molecule has 1 atom stereocenters. The largest absolute Gasteiger partial charge is 0.361 e. The van der Waals surface area contributed by atoms with E-state index in [9.17, 15) is 0 Å². The quantitative estimate of drug-likeness (QED) is 0.475. The fourth-order valence-electron chi connectivity index (χ4n) is 3.27. The Morgan fingerprint density at radius 3 is 2.57 bits per heavy atom. The van der Waals surface area contributed by atoms with Crippen LogP contribution in [-0.4, -0.2) is 29.9 Å². The van der Waals surface area contributed by atoms with E-state index >= 15 is 0 Å². The number of nitrogens with one attached hydrogen (secondary N) is 1. The minimum absolute atomic E-state index is 0.0949. The second kappa shape index (κ2) is 7.71. The molecule has 1 unspecified atom stereocenters. The molecule has 3 aromatic heterocycles. The van der Waals surface area contributed by atoms with E-state index in [1.807, 2.05) is 79.9 Å². The predicted molar refractivity (Wildman–Crippen MR) is 116 cm³/mol. The second-order valence-corrected chi connectivity index (χ2v) is 6.94. The molecule has 0 saturated heterocycles. The number of aromatic nitrogens is 6. The van der Waals surface area contributed by atoms with Gasteiger partial charge in [0.05, 0.1) is 23.4 Å². The van der Waals surface area contributed by atoms with Gasteiger partial charge in [0, 0.05) is 23.3 Å². The van der Waals surface area contributed by atoms with E-state index in [0.717, 1.165) is 33.7 Å². The number of rotatable bonds is 5. The van der Waals surface area contributed by atoms with Crippen molar-refractivity contribution in [3.63, 3.8) is 0 Å². The lowest BCUT2D eigenvalue weighted by Gasteiger charge is -2.15. The molecule has 7 heteroatoms. The SMILES string of the molecule is CC(Nc1nc(-c2cccnc2)nc2ccccc12)c1cn(-c2ccccc2)nn1. The highest BCUT2D eigenvalue weighted by Gasteiger charge is 2.15. The van der Waals surface area contributed by atoms with Crippen LogP contribution in [0.2, 0.25) is 0 Å². The summed E-state index contributed by atoms with van der Waals surface area (Å²) in [6.07, 6.45) is 5.43. The highest BCUT2D eigenvalue weighted by atomic mass is 15.4. The van der Waals surface area contributed by atoms with Gasteiger partial charge in [-0.1, -0.05) is 35.5 Å². The summed E-state index contributed by atoms with van der Waals surface area (Å²) in [6.45, 7) is 2.04. The summed E-state index contributed by atoms with van der Waals surface area (Å²) < 4.78 is 1.77. The molecule has 0 spiro atoms. The van der Waals surface area contributed by atoms with Crippen LogP contribution in [0.5, 0.6) is 0 Å². The maximum Gasteiger partial charge on any atom is 0.163 e. The fourth-order valence-corrected chi connectivity index (χ4v) is 3.27. The molecule has 0 radical (unpaired) electrons. The van der Waals surface area contributed by atoms with Crippen molar-refractivity contribution in [1.29, 1.82) is 0 Å². The third-order valence-corrected chi connectivity index (χ3v) is 4.85. The Morgan fingerprint density at radius 1 is 0.900 bits per heavy atom. The van der Waals surface area contributed by atoms with Crippen molar-refractivity contribution in [3.8, 4) is 17.1 Å². The molecule has 0 bridgehead atoms. The van der Waals surface area contributed by atoms with E-state index < -0.39 is 0 Å². The van der Waals surface area contributed by atoms with Crippen molar-refractivity contribution in [2.45, 2.75) is 13.0 Å². The lowest BCUT2D eigenvalue weighted by atomic mass is 10.2. The minimum Gasteiger partial charge on any atom is -0.361 e. The molecule has 0 amide bonds. The number of pyridine rings is 1. The van der Waals surface area contributed by atoms with Crippen molar-refractivity contribution in [1.82, 2.24) is 29.9 Å². The topological polar surface area (TPSA) is 81.4 Å². The second-order valence-electron chi connectivity index (χ2n) is 6.94. The molecule has 146 valence electrons. The summed E-state index contributed by atoms with van der Waals surface area (Å²) in [5.41, 5.74) is 3.53. The van der Waals surface area contributed by atoms with Crippen LogP contribution in [0.3, 0.4) is 0 Å². The van der Waals surface area contributed by atoms with Crippen molar-refractivity contribution in [2.75, 3.05) is 5.32 Å². The Morgan fingerprint density at radius 2 is 1.73 bits per heavy atom. The molecule has 0 saturated carbocycles. The van der Waals surface area contributed by atoms with Gasteiger partial charge in [-0.2, -0.15) is 0 Å². The maximum absolute atomic E-state index is 4.78. The summed E-state index contributed by atoms with van der Waals surface area (Å²) in [5, 5.41) is 13.0. The van der Waals surface area contributed by atoms with Gasteiger partial charge in [-0.05, 0) is 43.3 Å². The smallest absolute Gasteiger partial charge is 0.163 e. The van der Waals surface area contributed by atoms with Crippen LogP contribution in [0.4, 0.5) is 5.82 Å². The summed E-state index contributed by atoms with van der Waals surface area (Å²) in [6, 6.07) is 21.6. The third-order valence-electron chi connectivity index (χ3n) is 4.85. The first-order valence-electron chi connectivity index (χ1n) is 9.69. The zero-order valence-corrected chi connectivity index (χ0v) is 16.3. The van der Waals surface area contributed by atoms with Crippen LogP contribution in [0.25, 0.3) is 28.0 Å². The van der Waals surface area contributed by atoms with Crippen molar-refractivity contribution >= 4 is 16.7 Å². The van der Waals surface area contributed by atoms with Gasteiger partial charge in [0.1, 0.15) is 11.5 Å². The summed E-state index contributed by atoms with van der Waals surface area (Å²) in [7, 11) is 0.